The van der Waals surface area contributed by atoms with Crippen molar-refractivity contribution < 1.29 is 9.53 Å². The predicted octanol–water partition coefficient (Wildman–Crippen LogP) is 3.21. The van der Waals surface area contributed by atoms with Crippen molar-refractivity contribution in [2.75, 3.05) is 6.61 Å². The molecule has 0 saturated carbocycles. The third-order valence-electron chi connectivity index (χ3n) is 3.94. The van der Waals surface area contributed by atoms with Gasteiger partial charge in [0.2, 0.25) is 5.43 Å². The van der Waals surface area contributed by atoms with E-state index in [1.165, 1.54) is 0 Å². The number of esters is 1. The van der Waals surface area contributed by atoms with Gasteiger partial charge >= 0.3 is 5.97 Å². The first-order chi connectivity index (χ1) is 12.1. The van der Waals surface area contributed by atoms with Crippen LogP contribution in [0.3, 0.4) is 0 Å². The summed E-state index contributed by atoms with van der Waals surface area (Å²) in [7, 11) is 0. The molecule has 4 heteroatoms. The molecule has 0 bridgehead atoms. The van der Waals surface area contributed by atoms with Gasteiger partial charge in [-0.1, -0.05) is 36.3 Å². The molecule has 0 radical (unpaired) electrons. The third-order valence-corrected chi connectivity index (χ3v) is 3.94. The molecule has 0 aliphatic heterocycles. The van der Waals surface area contributed by atoms with Gasteiger partial charge in [0.05, 0.1) is 12.1 Å². The quantitative estimate of drug-likeness (QED) is 0.545. The molecule has 3 rings (SSSR count). The Hall–Kier alpha value is -3.32. The van der Waals surface area contributed by atoms with Crippen molar-refractivity contribution in [1.82, 2.24) is 4.57 Å². The fourth-order valence-electron chi connectivity index (χ4n) is 2.75. The number of rotatable bonds is 4. The van der Waals surface area contributed by atoms with Gasteiger partial charge in [-0.2, -0.15) is 0 Å². The number of hydrogen-bond acceptors (Lipinski definition) is 3. The number of benzene rings is 2. The van der Waals surface area contributed by atoms with Gasteiger partial charge in [-0.05, 0) is 30.7 Å². The van der Waals surface area contributed by atoms with Crippen LogP contribution in [0.25, 0.3) is 10.9 Å². The summed E-state index contributed by atoms with van der Waals surface area (Å²) in [4.78, 5) is 24.9. The number of carbonyl (C=O) groups is 1. The van der Waals surface area contributed by atoms with E-state index in [0.29, 0.717) is 23.0 Å². The highest BCUT2D eigenvalue weighted by Crippen LogP contribution is 2.17. The highest BCUT2D eigenvalue weighted by atomic mass is 16.5. The standard InChI is InChI=1S/C21H17NO3/c1-3-15-10-11-17-19(12-15)22(13-16-8-6-5-7-9-16)14-18(20(17)23)21(24)25-4-2/h1,5-12,14H,4,13H2,2H3. The van der Waals surface area contributed by atoms with Gasteiger partial charge in [-0.25, -0.2) is 4.79 Å². The van der Waals surface area contributed by atoms with E-state index in [2.05, 4.69) is 5.92 Å². The number of aromatic nitrogens is 1. The monoisotopic (exact) mass is 331 g/mol. The molecule has 0 atom stereocenters. The number of nitrogens with zero attached hydrogens (tertiary/aromatic N) is 1. The molecule has 25 heavy (non-hydrogen) atoms. The number of pyridine rings is 1. The summed E-state index contributed by atoms with van der Waals surface area (Å²) in [5, 5.41) is 0.445. The predicted molar refractivity (Wildman–Crippen MR) is 97.6 cm³/mol. The summed E-state index contributed by atoms with van der Waals surface area (Å²) < 4.78 is 6.88. The summed E-state index contributed by atoms with van der Waals surface area (Å²) >= 11 is 0. The van der Waals surface area contributed by atoms with Gasteiger partial charge in [-0.3, -0.25) is 4.79 Å². The Labute approximate surface area is 145 Å². The molecule has 0 aliphatic rings. The van der Waals surface area contributed by atoms with E-state index in [0.717, 1.165) is 5.56 Å². The van der Waals surface area contributed by atoms with Crippen LogP contribution >= 0.6 is 0 Å². The smallest absolute Gasteiger partial charge is 0.343 e. The minimum absolute atomic E-state index is 0.0266. The van der Waals surface area contributed by atoms with Crippen molar-refractivity contribution in [2.45, 2.75) is 13.5 Å². The second kappa shape index (κ2) is 7.06. The highest BCUT2D eigenvalue weighted by molar-refractivity contribution is 5.94. The Kier molecular flexibility index (Phi) is 4.67. The highest BCUT2D eigenvalue weighted by Gasteiger charge is 2.16. The molecule has 0 saturated heterocycles. The molecule has 0 unspecified atom stereocenters. The molecule has 2 aromatic carbocycles. The number of hydrogen-bond donors (Lipinski definition) is 0. The van der Waals surface area contributed by atoms with Crippen LogP contribution in [0.1, 0.15) is 28.4 Å². The van der Waals surface area contributed by atoms with E-state index in [1.54, 1.807) is 31.3 Å². The largest absolute Gasteiger partial charge is 0.462 e. The Bertz CT molecular complexity index is 1030. The number of terminal acetylenes is 1. The van der Waals surface area contributed by atoms with Crippen molar-refractivity contribution in [3.63, 3.8) is 0 Å². The van der Waals surface area contributed by atoms with Crippen LogP contribution in [-0.2, 0) is 11.3 Å². The Balaban J connectivity index is 2.24. The average Bonchev–Trinajstić information content (AvgIpc) is 2.64. The van der Waals surface area contributed by atoms with Crippen LogP contribution in [-0.4, -0.2) is 17.1 Å². The summed E-state index contributed by atoms with van der Waals surface area (Å²) in [6, 6.07) is 14.9. The lowest BCUT2D eigenvalue weighted by Gasteiger charge is -2.14. The van der Waals surface area contributed by atoms with Gasteiger partial charge in [0, 0.05) is 23.7 Å². The summed E-state index contributed by atoms with van der Waals surface area (Å²) in [6.45, 7) is 2.43. The lowest BCUT2D eigenvalue weighted by molar-refractivity contribution is 0.0524. The second-order valence-corrected chi connectivity index (χ2v) is 5.58. The molecule has 124 valence electrons. The van der Waals surface area contributed by atoms with Crippen LogP contribution in [0.5, 0.6) is 0 Å². The van der Waals surface area contributed by atoms with Gasteiger partial charge < -0.3 is 9.30 Å². The van der Waals surface area contributed by atoms with Crippen molar-refractivity contribution in [1.29, 1.82) is 0 Å². The average molecular weight is 331 g/mol. The van der Waals surface area contributed by atoms with Gasteiger partial charge in [0.1, 0.15) is 5.56 Å². The van der Waals surface area contributed by atoms with Gasteiger partial charge in [-0.15, -0.1) is 6.42 Å². The maximum atomic E-state index is 12.7. The van der Waals surface area contributed by atoms with Crippen molar-refractivity contribution in [2.24, 2.45) is 0 Å². The lowest BCUT2D eigenvalue weighted by atomic mass is 10.1. The Morgan fingerprint density at radius 3 is 2.64 bits per heavy atom. The van der Waals surface area contributed by atoms with Crippen LogP contribution in [0.15, 0.2) is 59.5 Å². The Morgan fingerprint density at radius 1 is 1.20 bits per heavy atom. The van der Waals surface area contributed by atoms with Crippen LogP contribution < -0.4 is 5.43 Å². The topological polar surface area (TPSA) is 48.3 Å². The molecular formula is C21H17NO3. The molecule has 0 amide bonds. The third kappa shape index (κ3) is 3.31. The van der Waals surface area contributed by atoms with Crippen molar-refractivity contribution in [3.8, 4) is 12.3 Å². The van der Waals surface area contributed by atoms with E-state index in [-0.39, 0.29) is 17.6 Å². The minimum atomic E-state index is -0.614. The zero-order chi connectivity index (χ0) is 17.8. The van der Waals surface area contributed by atoms with E-state index in [1.807, 2.05) is 34.9 Å². The lowest BCUT2D eigenvalue weighted by Crippen LogP contribution is -2.21. The molecule has 4 nitrogen and oxygen atoms in total. The number of fused-ring (bicyclic) bond motifs is 1. The van der Waals surface area contributed by atoms with Crippen LogP contribution in [0.2, 0.25) is 0 Å². The number of carbonyl (C=O) groups excluding carboxylic acids is 1. The van der Waals surface area contributed by atoms with E-state index < -0.39 is 5.97 Å². The summed E-state index contributed by atoms with van der Waals surface area (Å²) in [5.74, 6) is 1.97. The second-order valence-electron chi connectivity index (χ2n) is 5.58. The first kappa shape index (κ1) is 16.5. The molecule has 0 spiro atoms. The van der Waals surface area contributed by atoms with E-state index >= 15 is 0 Å². The molecule has 0 aliphatic carbocycles. The zero-order valence-corrected chi connectivity index (χ0v) is 13.9. The van der Waals surface area contributed by atoms with Crippen LogP contribution in [0, 0.1) is 12.3 Å². The summed E-state index contributed by atoms with van der Waals surface area (Å²) in [6.07, 6.45) is 7.04. The van der Waals surface area contributed by atoms with Crippen LogP contribution in [0.4, 0.5) is 0 Å². The molecular weight excluding hydrogens is 314 g/mol. The number of ether oxygens (including phenoxy) is 1. The first-order valence-electron chi connectivity index (χ1n) is 7.99. The molecule has 3 aromatic rings. The van der Waals surface area contributed by atoms with Crippen molar-refractivity contribution >= 4 is 16.9 Å². The molecule has 1 heterocycles. The first-order valence-corrected chi connectivity index (χ1v) is 7.99. The SMILES string of the molecule is C#Cc1ccc2c(=O)c(C(=O)OCC)cn(Cc3ccccc3)c2c1. The Morgan fingerprint density at radius 2 is 1.96 bits per heavy atom. The fourth-order valence-corrected chi connectivity index (χ4v) is 2.75. The fraction of sp³-hybridized carbons (Fsp3) is 0.143. The van der Waals surface area contributed by atoms with E-state index in [9.17, 15) is 9.59 Å². The van der Waals surface area contributed by atoms with Gasteiger partial charge in [0.25, 0.3) is 0 Å². The van der Waals surface area contributed by atoms with Gasteiger partial charge in [0.15, 0.2) is 0 Å². The molecule has 0 N–H and O–H groups in total. The maximum absolute atomic E-state index is 12.7. The molecule has 0 fully saturated rings. The molecule has 1 aromatic heterocycles. The van der Waals surface area contributed by atoms with Crippen molar-refractivity contribution in [3.05, 3.63) is 81.6 Å². The summed E-state index contributed by atoms with van der Waals surface area (Å²) in [5.41, 5.74) is 2.10. The van der Waals surface area contributed by atoms with E-state index in [4.69, 9.17) is 11.2 Å². The maximum Gasteiger partial charge on any atom is 0.343 e. The zero-order valence-electron chi connectivity index (χ0n) is 13.9. The minimum Gasteiger partial charge on any atom is -0.462 e. The normalized spacial score (nSPS) is 10.4.